The second-order valence-electron chi connectivity index (χ2n) is 9.31. The Bertz CT molecular complexity index is 583. The van der Waals surface area contributed by atoms with Crippen molar-refractivity contribution < 1.29 is 14.3 Å². The zero-order chi connectivity index (χ0) is 16.0. The minimum atomic E-state index is -0.0577. The lowest BCUT2D eigenvalue weighted by Gasteiger charge is -2.58. The van der Waals surface area contributed by atoms with Crippen LogP contribution in [0.2, 0.25) is 0 Å². The monoisotopic (exact) mass is 316 g/mol. The molecule has 0 amide bonds. The van der Waals surface area contributed by atoms with Crippen LogP contribution >= 0.6 is 0 Å². The van der Waals surface area contributed by atoms with Crippen molar-refractivity contribution in [3.05, 3.63) is 0 Å². The normalized spacial score (nSPS) is 57.8. The fourth-order valence-electron chi connectivity index (χ4n) is 7.85. The molecule has 5 fully saturated rings. The largest absolute Gasteiger partial charge is 0.374 e. The van der Waals surface area contributed by atoms with Gasteiger partial charge in [0.25, 0.3) is 0 Å². The minimum absolute atomic E-state index is 0.0577. The summed E-state index contributed by atoms with van der Waals surface area (Å²) in [5, 5.41) is 0. The van der Waals surface area contributed by atoms with Crippen LogP contribution in [0.15, 0.2) is 0 Å². The Kier molecular flexibility index (Phi) is 2.84. The van der Waals surface area contributed by atoms with Gasteiger partial charge in [-0.05, 0) is 56.8 Å². The van der Waals surface area contributed by atoms with Crippen LogP contribution in [0, 0.1) is 34.5 Å². The highest BCUT2D eigenvalue weighted by molar-refractivity contribution is 5.87. The maximum Gasteiger partial charge on any atom is 0.139 e. The average molecular weight is 316 g/mol. The molecule has 0 aromatic rings. The summed E-state index contributed by atoms with van der Waals surface area (Å²) < 4.78 is 6.43. The van der Waals surface area contributed by atoms with E-state index in [0.29, 0.717) is 41.3 Å². The molecule has 1 heterocycles. The van der Waals surface area contributed by atoms with Gasteiger partial charge in [0, 0.05) is 36.0 Å². The van der Waals surface area contributed by atoms with Gasteiger partial charge >= 0.3 is 0 Å². The Balaban J connectivity index is 1.56. The number of hydrogen-bond acceptors (Lipinski definition) is 3. The van der Waals surface area contributed by atoms with Gasteiger partial charge < -0.3 is 4.74 Å². The van der Waals surface area contributed by atoms with E-state index in [-0.39, 0.29) is 16.9 Å². The fraction of sp³-hybridized carbons (Fsp3) is 0.900. The fourth-order valence-corrected chi connectivity index (χ4v) is 7.85. The third kappa shape index (κ3) is 1.61. The molecule has 1 saturated heterocycles. The van der Waals surface area contributed by atoms with Gasteiger partial charge in [-0.15, -0.1) is 0 Å². The summed E-state index contributed by atoms with van der Waals surface area (Å²) in [6.45, 7) is 4.50. The van der Waals surface area contributed by atoms with Crippen molar-refractivity contribution >= 4 is 11.6 Å². The number of rotatable bonds is 0. The molecule has 0 aromatic heterocycles. The molecule has 0 N–H and O–H groups in total. The summed E-state index contributed by atoms with van der Waals surface area (Å²) >= 11 is 0. The first-order valence-electron chi connectivity index (χ1n) is 9.67. The van der Waals surface area contributed by atoms with Crippen LogP contribution in [0.3, 0.4) is 0 Å². The smallest absolute Gasteiger partial charge is 0.139 e. The molecular weight excluding hydrogens is 288 g/mol. The first kappa shape index (κ1) is 14.6. The summed E-state index contributed by atoms with van der Waals surface area (Å²) in [7, 11) is 0. The van der Waals surface area contributed by atoms with Crippen LogP contribution in [0.1, 0.15) is 65.2 Å². The molecule has 3 unspecified atom stereocenters. The molecule has 2 bridgehead atoms. The van der Waals surface area contributed by atoms with Gasteiger partial charge in [-0.3, -0.25) is 9.59 Å². The molecule has 126 valence electrons. The predicted octanol–water partition coefficient (Wildman–Crippen LogP) is 3.54. The van der Waals surface area contributed by atoms with Gasteiger partial charge in [0.05, 0.1) is 12.2 Å². The molecule has 5 aliphatic rings. The second kappa shape index (κ2) is 4.47. The number of carbonyl (C=O) groups is 2. The molecule has 3 nitrogen and oxygen atoms in total. The molecule has 8 atom stereocenters. The van der Waals surface area contributed by atoms with Gasteiger partial charge in [0.2, 0.25) is 0 Å². The van der Waals surface area contributed by atoms with Crippen LogP contribution in [-0.2, 0) is 14.3 Å². The van der Waals surface area contributed by atoms with E-state index in [4.69, 9.17) is 4.74 Å². The van der Waals surface area contributed by atoms with E-state index in [1.807, 2.05) is 0 Å². The molecular formula is C20H28O3. The lowest BCUT2D eigenvalue weighted by molar-refractivity contribution is -0.143. The van der Waals surface area contributed by atoms with Gasteiger partial charge in [0.1, 0.15) is 11.6 Å². The summed E-state index contributed by atoms with van der Waals surface area (Å²) in [5.41, 5.74) is 0.173. The van der Waals surface area contributed by atoms with Crippen LogP contribution < -0.4 is 0 Å². The molecule has 5 rings (SSSR count). The van der Waals surface area contributed by atoms with Crippen LogP contribution in [0.5, 0.6) is 0 Å². The molecule has 0 spiro atoms. The van der Waals surface area contributed by atoms with Crippen LogP contribution in [0.4, 0.5) is 0 Å². The van der Waals surface area contributed by atoms with Crippen molar-refractivity contribution in [3.63, 3.8) is 0 Å². The predicted molar refractivity (Wildman–Crippen MR) is 85.8 cm³/mol. The molecule has 0 aromatic carbocycles. The van der Waals surface area contributed by atoms with Gasteiger partial charge in [-0.1, -0.05) is 6.92 Å². The van der Waals surface area contributed by atoms with E-state index >= 15 is 0 Å². The van der Waals surface area contributed by atoms with Crippen molar-refractivity contribution in [1.82, 2.24) is 0 Å². The lowest BCUT2D eigenvalue weighted by atomic mass is 9.44. The molecule has 0 radical (unpaired) electrons. The molecule has 4 aliphatic carbocycles. The quantitative estimate of drug-likeness (QED) is 0.686. The zero-order valence-electron chi connectivity index (χ0n) is 14.3. The minimum Gasteiger partial charge on any atom is -0.374 e. The highest BCUT2D eigenvalue weighted by Crippen LogP contribution is 2.69. The van der Waals surface area contributed by atoms with Crippen molar-refractivity contribution in [2.45, 2.75) is 77.4 Å². The van der Waals surface area contributed by atoms with Crippen molar-refractivity contribution in [2.24, 2.45) is 34.5 Å². The SMILES string of the molecule is C[C@H]1O[C@@H]2C[C@@H]3C(CC[C@]4(C)C(=O)CC[C@@H]34)C13CCC(=O)CC23. The third-order valence-electron chi connectivity index (χ3n) is 8.90. The molecule has 1 aliphatic heterocycles. The number of hydrogen-bond donors (Lipinski definition) is 0. The maximum atomic E-state index is 12.5. The Morgan fingerprint density at radius 1 is 1.04 bits per heavy atom. The standard InChI is InChI=1S/C20H28O3/c1-11-20-8-5-12(21)9-16(20)17(23-11)10-13-14-3-4-18(22)19(14,2)7-6-15(13)20/h11,13-17H,3-10H2,1-2H3/t11-,13+,14+,15?,16?,17-,19+,20?/m1/s1. The highest BCUT2D eigenvalue weighted by atomic mass is 16.5. The maximum absolute atomic E-state index is 12.5. The number of carbonyl (C=O) groups excluding carboxylic acids is 2. The highest BCUT2D eigenvalue weighted by Gasteiger charge is 2.68. The number of fused-ring (bicyclic) bond motifs is 3. The van der Waals surface area contributed by atoms with E-state index in [2.05, 4.69) is 13.8 Å². The first-order chi connectivity index (χ1) is 11.0. The Morgan fingerprint density at radius 2 is 1.87 bits per heavy atom. The molecule has 3 heteroatoms. The number of ketones is 2. The Morgan fingerprint density at radius 3 is 2.70 bits per heavy atom. The van der Waals surface area contributed by atoms with E-state index in [1.54, 1.807) is 0 Å². The van der Waals surface area contributed by atoms with Gasteiger partial charge in [-0.25, -0.2) is 0 Å². The van der Waals surface area contributed by atoms with Crippen LogP contribution in [0.25, 0.3) is 0 Å². The van der Waals surface area contributed by atoms with E-state index < -0.39 is 0 Å². The molecule has 4 saturated carbocycles. The zero-order valence-corrected chi connectivity index (χ0v) is 14.3. The van der Waals surface area contributed by atoms with Gasteiger partial charge in [-0.2, -0.15) is 0 Å². The first-order valence-corrected chi connectivity index (χ1v) is 9.67. The topological polar surface area (TPSA) is 43.4 Å². The Labute approximate surface area is 138 Å². The average Bonchev–Trinajstić information content (AvgIpc) is 2.92. The number of Topliss-reactive ketones (excluding diaryl/α,β-unsaturated/α-hetero) is 2. The third-order valence-corrected chi connectivity index (χ3v) is 8.90. The van der Waals surface area contributed by atoms with Crippen LogP contribution in [-0.4, -0.2) is 23.8 Å². The summed E-state index contributed by atoms with van der Waals surface area (Å²) in [5.74, 6) is 3.32. The van der Waals surface area contributed by atoms with Crippen molar-refractivity contribution in [2.75, 3.05) is 0 Å². The van der Waals surface area contributed by atoms with Crippen molar-refractivity contribution in [1.29, 1.82) is 0 Å². The summed E-state index contributed by atoms with van der Waals surface area (Å²) in [4.78, 5) is 24.6. The second-order valence-corrected chi connectivity index (χ2v) is 9.31. The van der Waals surface area contributed by atoms with Gasteiger partial charge in [0.15, 0.2) is 0 Å². The van der Waals surface area contributed by atoms with E-state index in [0.717, 1.165) is 44.9 Å². The van der Waals surface area contributed by atoms with Crippen molar-refractivity contribution in [3.8, 4) is 0 Å². The lowest BCUT2D eigenvalue weighted by Crippen LogP contribution is -2.57. The van der Waals surface area contributed by atoms with E-state index in [9.17, 15) is 9.59 Å². The van der Waals surface area contributed by atoms with E-state index in [1.165, 1.54) is 6.42 Å². The number of ether oxygens (including phenoxy) is 1. The summed E-state index contributed by atoms with van der Waals surface area (Å²) in [6.07, 6.45) is 8.33. The summed E-state index contributed by atoms with van der Waals surface area (Å²) in [6, 6.07) is 0. The molecule has 23 heavy (non-hydrogen) atoms. The Hall–Kier alpha value is -0.700.